The third-order valence-electron chi connectivity index (χ3n) is 2.16. The molecule has 5 heteroatoms. The summed E-state index contributed by atoms with van der Waals surface area (Å²) in [5, 5.41) is -0.343. The third kappa shape index (κ3) is 1.34. The average molecular weight is 210 g/mol. The van der Waals surface area contributed by atoms with Crippen LogP contribution in [0.3, 0.4) is 0 Å². The molecular formula is C9H10N2O2S. The van der Waals surface area contributed by atoms with Crippen molar-refractivity contribution >= 4 is 23.7 Å². The predicted octanol–water partition coefficient (Wildman–Crippen LogP) is 1.02. The van der Waals surface area contributed by atoms with Crippen molar-refractivity contribution in [2.75, 3.05) is 0 Å². The maximum absolute atomic E-state index is 11.2. The molecule has 0 bridgehead atoms. The molecular weight excluding hydrogens is 200 g/mol. The molecule has 14 heavy (non-hydrogen) atoms. The van der Waals surface area contributed by atoms with Crippen LogP contribution < -0.4 is 11.5 Å². The zero-order chi connectivity index (χ0) is 10.3. The number of benzene rings is 1. The van der Waals surface area contributed by atoms with Crippen LogP contribution in [0.1, 0.15) is 10.9 Å². The summed E-state index contributed by atoms with van der Waals surface area (Å²) in [6.45, 7) is 0. The molecule has 0 amide bonds. The molecule has 2 aromatic rings. The molecule has 0 saturated heterocycles. The van der Waals surface area contributed by atoms with E-state index in [-0.39, 0.29) is 11.1 Å². The fourth-order valence-electron chi connectivity index (χ4n) is 1.33. The summed E-state index contributed by atoms with van der Waals surface area (Å²) in [4.78, 5) is 11.2. The summed E-state index contributed by atoms with van der Waals surface area (Å²) < 4.78 is 6.41. The molecule has 1 atom stereocenters. The lowest BCUT2D eigenvalue weighted by atomic mass is 10.2. The van der Waals surface area contributed by atoms with E-state index in [9.17, 15) is 4.79 Å². The van der Waals surface area contributed by atoms with Crippen LogP contribution in [0.25, 0.3) is 11.1 Å². The van der Waals surface area contributed by atoms with E-state index in [0.29, 0.717) is 5.58 Å². The van der Waals surface area contributed by atoms with E-state index >= 15 is 0 Å². The van der Waals surface area contributed by atoms with E-state index in [4.69, 9.17) is 10.2 Å². The van der Waals surface area contributed by atoms with Gasteiger partial charge in [0.1, 0.15) is 0 Å². The number of oxazole rings is 1. The number of thiol groups is 1. The molecule has 1 heterocycles. The minimum absolute atomic E-state index is 0.343. The number of rotatable bonds is 1. The number of nitrogens with two attached hydrogens (primary N) is 1. The Balaban J connectivity index is 2.76. The molecule has 74 valence electrons. The van der Waals surface area contributed by atoms with Crippen molar-refractivity contribution in [1.29, 1.82) is 0 Å². The van der Waals surface area contributed by atoms with Gasteiger partial charge in [-0.15, -0.1) is 0 Å². The van der Waals surface area contributed by atoms with Crippen molar-refractivity contribution in [1.82, 2.24) is 4.57 Å². The van der Waals surface area contributed by atoms with Gasteiger partial charge in [0.05, 0.1) is 10.9 Å². The first kappa shape index (κ1) is 9.36. The quantitative estimate of drug-likeness (QED) is 0.545. The molecule has 0 saturated carbocycles. The molecule has 2 N–H and O–H groups in total. The molecule has 0 fully saturated rings. The standard InChI is InChI=1S/C9H10N2O2S/c1-11-6-4-5(8(10)14)2-3-7(6)13-9(11)12/h2-4,8,14H,10H2,1H3. The molecule has 0 spiro atoms. The first-order chi connectivity index (χ1) is 6.59. The van der Waals surface area contributed by atoms with Crippen molar-refractivity contribution in [3.05, 3.63) is 34.3 Å². The van der Waals surface area contributed by atoms with Crippen LogP contribution in [-0.2, 0) is 7.05 Å². The van der Waals surface area contributed by atoms with Gasteiger partial charge in [0.15, 0.2) is 5.58 Å². The predicted molar refractivity (Wildman–Crippen MR) is 57.4 cm³/mol. The van der Waals surface area contributed by atoms with Gasteiger partial charge in [0.2, 0.25) is 0 Å². The first-order valence-corrected chi connectivity index (χ1v) is 4.64. The highest BCUT2D eigenvalue weighted by Gasteiger charge is 2.08. The lowest BCUT2D eigenvalue weighted by Gasteiger charge is -2.03. The number of fused-ring (bicyclic) bond motifs is 1. The lowest BCUT2D eigenvalue weighted by molar-refractivity contribution is 0.528. The molecule has 0 aliphatic heterocycles. The molecule has 0 radical (unpaired) electrons. The van der Waals surface area contributed by atoms with Crippen LogP contribution in [0.5, 0.6) is 0 Å². The summed E-state index contributed by atoms with van der Waals surface area (Å²) in [6, 6.07) is 5.32. The minimum atomic E-state index is -0.370. The van der Waals surface area contributed by atoms with Crippen molar-refractivity contribution in [2.24, 2.45) is 12.8 Å². The van der Waals surface area contributed by atoms with Crippen LogP contribution >= 0.6 is 12.6 Å². The van der Waals surface area contributed by atoms with Crippen molar-refractivity contribution < 1.29 is 4.42 Å². The highest BCUT2D eigenvalue weighted by atomic mass is 32.1. The van der Waals surface area contributed by atoms with Gasteiger partial charge in [-0.3, -0.25) is 4.57 Å². The molecule has 0 aliphatic carbocycles. The van der Waals surface area contributed by atoms with Crippen LogP contribution in [0.15, 0.2) is 27.4 Å². The Labute approximate surface area is 85.7 Å². The highest BCUT2D eigenvalue weighted by molar-refractivity contribution is 7.80. The summed E-state index contributed by atoms with van der Waals surface area (Å²) in [5.41, 5.74) is 7.76. The summed E-state index contributed by atoms with van der Waals surface area (Å²) in [7, 11) is 1.65. The summed E-state index contributed by atoms with van der Waals surface area (Å²) >= 11 is 4.11. The molecule has 1 unspecified atom stereocenters. The summed E-state index contributed by atoms with van der Waals surface area (Å²) in [5.74, 6) is -0.370. The van der Waals surface area contributed by atoms with E-state index in [1.54, 1.807) is 25.2 Å². The van der Waals surface area contributed by atoms with Crippen molar-refractivity contribution in [2.45, 2.75) is 5.37 Å². The highest BCUT2D eigenvalue weighted by Crippen LogP contribution is 2.19. The zero-order valence-corrected chi connectivity index (χ0v) is 8.49. The number of aromatic nitrogens is 1. The van der Waals surface area contributed by atoms with Gasteiger partial charge in [-0.25, -0.2) is 4.79 Å². The maximum Gasteiger partial charge on any atom is 0.419 e. The van der Waals surface area contributed by atoms with E-state index in [1.807, 2.05) is 0 Å². The van der Waals surface area contributed by atoms with Gasteiger partial charge in [-0.2, -0.15) is 12.6 Å². The fourth-order valence-corrected chi connectivity index (χ4v) is 1.49. The van der Waals surface area contributed by atoms with Gasteiger partial charge in [0.25, 0.3) is 0 Å². The van der Waals surface area contributed by atoms with Gasteiger partial charge in [-0.05, 0) is 17.7 Å². The summed E-state index contributed by atoms with van der Waals surface area (Å²) in [6.07, 6.45) is 0. The second-order valence-corrected chi connectivity index (χ2v) is 3.66. The Morgan fingerprint density at radius 1 is 1.57 bits per heavy atom. The SMILES string of the molecule is Cn1c(=O)oc2ccc(C(N)S)cc21. The van der Waals surface area contributed by atoms with E-state index < -0.39 is 0 Å². The molecule has 1 aromatic heterocycles. The van der Waals surface area contributed by atoms with Gasteiger partial charge < -0.3 is 10.2 Å². The largest absolute Gasteiger partial charge is 0.419 e. The number of aryl methyl sites for hydroxylation is 1. The number of nitrogens with zero attached hydrogens (tertiary/aromatic N) is 1. The molecule has 1 aromatic carbocycles. The van der Waals surface area contributed by atoms with E-state index in [0.717, 1.165) is 11.1 Å². The van der Waals surface area contributed by atoms with Crippen molar-refractivity contribution in [3.63, 3.8) is 0 Å². The number of hydrogen-bond donors (Lipinski definition) is 2. The van der Waals surface area contributed by atoms with Gasteiger partial charge in [0, 0.05) is 7.05 Å². The average Bonchev–Trinajstić information content (AvgIpc) is 2.43. The first-order valence-electron chi connectivity index (χ1n) is 4.13. The zero-order valence-electron chi connectivity index (χ0n) is 7.60. The number of hydrogen-bond acceptors (Lipinski definition) is 4. The Morgan fingerprint density at radius 2 is 2.29 bits per heavy atom. The topological polar surface area (TPSA) is 61.2 Å². The third-order valence-corrected chi connectivity index (χ3v) is 2.46. The van der Waals surface area contributed by atoms with Gasteiger partial charge >= 0.3 is 5.76 Å². The second kappa shape index (κ2) is 3.18. The van der Waals surface area contributed by atoms with Crippen LogP contribution in [0, 0.1) is 0 Å². The normalized spacial score (nSPS) is 13.4. The fraction of sp³-hybridized carbons (Fsp3) is 0.222. The Morgan fingerprint density at radius 3 is 2.93 bits per heavy atom. The van der Waals surface area contributed by atoms with Gasteiger partial charge in [-0.1, -0.05) is 6.07 Å². The molecule has 2 rings (SSSR count). The second-order valence-electron chi connectivity index (χ2n) is 3.10. The smallest absolute Gasteiger partial charge is 0.408 e. The van der Waals surface area contributed by atoms with Crippen LogP contribution in [0.2, 0.25) is 0 Å². The monoisotopic (exact) mass is 210 g/mol. The lowest BCUT2D eigenvalue weighted by Crippen LogP contribution is -2.08. The van der Waals surface area contributed by atoms with Crippen LogP contribution in [0.4, 0.5) is 0 Å². The maximum atomic E-state index is 11.2. The minimum Gasteiger partial charge on any atom is -0.408 e. The van der Waals surface area contributed by atoms with E-state index in [2.05, 4.69) is 12.6 Å². The Kier molecular flexibility index (Phi) is 2.13. The molecule has 4 nitrogen and oxygen atoms in total. The Bertz CT molecular complexity index is 527. The van der Waals surface area contributed by atoms with E-state index in [1.165, 1.54) is 4.57 Å². The Hall–Kier alpha value is -1.20. The van der Waals surface area contributed by atoms with Crippen molar-refractivity contribution in [3.8, 4) is 0 Å². The van der Waals surface area contributed by atoms with Crippen LogP contribution in [-0.4, -0.2) is 4.57 Å². The molecule has 0 aliphatic rings.